The van der Waals surface area contributed by atoms with Gasteiger partial charge in [0.15, 0.2) is 5.96 Å². The molecule has 1 aliphatic rings. The van der Waals surface area contributed by atoms with Gasteiger partial charge in [-0.05, 0) is 24.0 Å². The fourth-order valence-electron chi connectivity index (χ4n) is 3.72. The molecule has 0 spiro atoms. The van der Waals surface area contributed by atoms with Gasteiger partial charge in [0, 0.05) is 45.6 Å². The molecule has 1 fully saturated rings. The summed E-state index contributed by atoms with van der Waals surface area (Å²) in [5.41, 5.74) is 2.42. The quantitative estimate of drug-likeness (QED) is 0.289. The van der Waals surface area contributed by atoms with Crippen LogP contribution in [0.25, 0.3) is 0 Å². The second-order valence-corrected chi connectivity index (χ2v) is 7.33. The minimum Gasteiger partial charge on any atom is -0.469 e. The highest BCUT2D eigenvalue weighted by Gasteiger charge is 2.36. The summed E-state index contributed by atoms with van der Waals surface area (Å²) in [5, 5.41) is 3.43. The number of nitrogens with one attached hydrogen (secondary N) is 1. The number of esters is 1. The topological polar surface area (TPSA) is 71.8 Å². The van der Waals surface area contributed by atoms with Crippen molar-refractivity contribution in [3.63, 3.8) is 0 Å². The first-order valence-electron chi connectivity index (χ1n) is 9.60. The number of carbonyl (C=O) groups is 1. The minimum absolute atomic E-state index is 0. The Balaban J connectivity index is 0.00000300. The highest BCUT2D eigenvalue weighted by Crippen LogP contribution is 2.24. The lowest BCUT2D eigenvalue weighted by atomic mass is 9.99. The second kappa shape index (κ2) is 10.6. The molecule has 29 heavy (non-hydrogen) atoms. The van der Waals surface area contributed by atoms with Crippen LogP contribution in [0.5, 0.6) is 0 Å². The normalized spacial score (nSPS) is 19.0. The molecule has 8 heteroatoms. The number of aliphatic imine (C=N–C) groups is 1. The molecule has 2 heterocycles. The van der Waals surface area contributed by atoms with E-state index in [4.69, 9.17) is 4.74 Å². The van der Waals surface area contributed by atoms with Crippen LogP contribution >= 0.6 is 24.0 Å². The number of ether oxygens (including phenoxy) is 1. The molecule has 158 valence electrons. The lowest BCUT2D eigenvalue weighted by Crippen LogP contribution is -2.40. The Kier molecular flexibility index (Phi) is 8.48. The van der Waals surface area contributed by atoms with Gasteiger partial charge in [0.05, 0.1) is 13.0 Å². The van der Waals surface area contributed by atoms with Crippen molar-refractivity contribution >= 4 is 35.9 Å². The van der Waals surface area contributed by atoms with E-state index in [1.807, 2.05) is 19.3 Å². The predicted octanol–water partition coefficient (Wildman–Crippen LogP) is 2.67. The third kappa shape index (κ3) is 5.71. The minimum atomic E-state index is -0.145. The summed E-state index contributed by atoms with van der Waals surface area (Å²) in [4.78, 5) is 22.7. The van der Waals surface area contributed by atoms with Gasteiger partial charge in [-0.1, -0.05) is 31.2 Å². The maximum atomic E-state index is 11.9. The fraction of sp³-hybridized carbons (Fsp3) is 0.476. The molecule has 1 aromatic carbocycles. The average Bonchev–Trinajstić information content (AvgIpc) is 3.28. The third-order valence-corrected chi connectivity index (χ3v) is 5.35. The number of benzene rings is 1. The molecular formula is C21H30IN5O2. The van der Waals surface area contributed by atoms with Crippen LogP contribution in [0.15, 0.2) is 41.7 Å². The first kappa shape index (κ1) is 23.2. The van der Waals surface area contributed by atoms with Crippen LogP contribution in [0.3, 0.4) is 0 Å². The molecule has 3 rings (SSSR count). The molecule has 2 unspecified atom stereocenters. The highest BCUT2D eigenvalue weighted by molar-refractivity contribution is 14.0. The Morgan fingerprint density at radius 3 is 2.76 bits per heavy atom. The molecule has 0 aliphatic carbocycles. The van der Waals surface area contributed by atoms with Gasteiger partial charge in [-0.3, -0.25) is 9.79 Å². The summed E-state index contributed by atoms with van der Waals surface area (Å²) in [6.07, 6.45) is 3.82. The third-order valence-electron chi connectivity index (χ3n) is 5.35. The zero-order valence-electron chi connectivity index (χ0n) is 17.5. The number of likely N-dealkylation sites (tertiary alicyclic amines) is 1. The van der Waals surface area contributed by atoms with Crippen LogP contribution in [0.4, 0.5) is 0 Å². The number of rotatable bonds is 5. The molecule has 1 N–H and O–H groups in total. The number of guanidine groups is 1. The molecular weight excluding hydrogens is 481 g/mol. The number of carbonyl (C=O) groups excluding carboxylic acids is 1. The van der Waals surface area contributed by atoms with Crippen LogP contribution in [0, 0.1) is 18.8 Å². The van der Waals surface area contributed by atoms with Gasteiger partial charge in [0.25, 0.3) is 0 Å². The van der Waals surface area contributed by atoms with E-state index in [1.54, 1.807) is 7.05 Å². The van der Waals surface area contributed by atoms with Gasteiger partial charge < -0.3 is 19.5 Å². The molecule has 1 saturated heterocycles. The maximum absolute atomic E-state index is 11.9. The summed E-state index contributed by atoms with van der Waals surface area (Å²) in [5.74, 6) is 1.81. The molecule has 2 atom stereocenters. The standard InChI is InChI=1S/C21H29N5O2.HI/c1-15-12-26(14-19(15)20(27)28-4)21(22-3)24-11-17-6-5-7-18(10-17)13-25-9-8-23-16(25)2;/h5-10,15,19H,11-14H2,1-4H3,(H,22,24);1H. The highest BCUT2D eigenvalue weighted by atomic mass is 127. The fourth-order valence-corrected chi connectivity index (χ4v) is 3.72. The molecule has 1 aromatic heterocycles. The Morgan fingerprint density at radius 1 is 1.34 bits per heavy atom. The van der Waals surface area contributed by atoms with E-state index in [0.29, 0.717) is 13.1 Å². The number of hydrogen-bond acceptors (Lipinski definition) is 4. The molecule has 0 bridgehead atoms. The Bertz CT molecular complexity index is 851. The summed E-state index contributed by atoms with van der Waals surface area (Å²) < 4.78 is 7.06. The largest absolute Gasteiger partial charge is 0.469 e. The number of imidazole rings is 1. The lowest BCUT2D eigenvalue weighted by Gasteiger charge is -2.21. The number of nitrogens with zero attached hydrogens (tertiary/aromatic N) is 4. The Hall–Kier alpha value is -2.10. The van der Waals surface area contributed by atoms with Crippen molar-refractivity contribution in [1.29, 1.82) is 0 Å². The Morgan fingerprint density at radius 2 is 2.10 bits per heavy atom. The van der Waals surface area contributed by atoms with E-state index in [9.17, 15) is 4.79 Å². The van der Waals surface area contributed by atoms with Crippen LogP contribution in [0.1, 0.15) is 23.9 Å². The van der Waals surface area contributed by atoms with Gasteiger partial charge in [-0.2, -0.15) is 0 Å². The van der Waals surface area contributed by atoms with Crippen molar-refractivity contribution in [3.05, 3.63) is 53.6 Å². The lowest BCUT2D eigenvalue weighted by molar-refractivity contribution is -0.145. The van der Waals surface area contributed by atoms with E-state index in [2.05, 4.69) is 55.9 Å². The molecule has 7 nitrogen and oxygen atoms in total. The number of aromatic nitrogens is 2. The van der Waals surface area contributed by atoms with E-state index in [1.165, 1.54) is 18.2 Å². The molecule has 0 saturated carbocycles. The summed E-state index contributed by atoms with van der Waals surface area (Å²) in [7, 11) is 3.22. The van der Waals surface area contributed by atoms with Crippen molar-refractivity contribution in [3.8, 4) is 0 Å². The first-order valence-corrected chi connectivity index (χ1v) is 9.60. The average molecular weight is 511 g/mol. The van der Waals surface area contributed by atoms with Crippen molar-refractivity contribution in [1.82, 2.24) is 19.8 Å². The first-order chi connectivity index (χ1) is 13.5. The van der Waals surface area contributed by atoms with Crippen LogP contribution in [-0.2, 0) is 22.6 Å². The van der Waals surface area contributed by atoms with Crippen LogP contribution < -0.4 is 5.32 Å². The second-order valence-electron chi connectivity index (χ2n) is 7.33. The number of hydrogen-bond donors (Lipinski definition) is 1. The van der Waals surface area contributed by atoms with Crippen molar-refractivity contribution < 1.29 is 9.53 Å². The summed E-state index contributed by atoms with van der Waals surface area (Å²) in [6.45, 7) is 6.99. The van der Waals surface area contributed by atoms with Gasteiger partial charge in [-0.15, -0.1) is 24.0 Å². The Labute approximate surface area is 189 Å². The van der Waals surface area contributed by atoms with E-state index in [0.717, 1.165) is 24.9 Å². The number of methoxy groups -OCH3 is 1. The number of aryl methyl sites for hydroxylation is 1. The molecule has 1 aliphatic heterocycles. The van der Waals surface area contributed by atoms with Crippen molar-refractivity contribution in [2.45, 2.75) is 26.9 Å². The van der Waals surface area contributed by atoms with Crippen molar-refractivity contribution in [2.24, 2.45) is 16.8 Å². The number of halogens is 1. The molecule has 0 radical (unpaired) electrons. The van der Waals surface area contributed by atoms with E-state index < -0.39 is 0 Å². The van der Waals surface area contributed by atoms with Gasteiger partial charge in [0.2, 0.25) is 0 Å². The smallest absolute Gasteiger partial charge is 0.310 e. The SMILES string of the molecule is CN=C(NCc1cccc(Cn2ccnc2C)c1)N1CC(C)C(C(=O)OC)C1.I. The predicted molar refractivity (Wildman–Crippen MR) is 124 cm³/mol. The van der Waals surface area contributed by atoms with Crippen LogP contribution in [0.2, 0.25) is 0 Å². The van der Waals surface area contributed by atoms with E-state index >= 15 is 0 Å². The molecule has 0 amide bonds. The maximum Gasteiger partial charge on any atom is 0.310 e. The van der Waals surface area contributed by atoms with Crippen molar-refractivity contribution in [2.75, 3.05) is 27.2 Å². The zero-order chi connectivity index (χ0) is 20.1. The van der Waals surface area contributed by atoms with Gasteiger partial charge in [-0.25, -0.2) is 4.98 Å². The van der Waals surface area contributed by atoms with Gasteiger partial charge in [0.1, 0.15) is 5.82 Å². The zero-order valence-corrected chi connectivity index (χ0v) is 19.8. The summed E-state index contributed by atoms with van der Waals surface area (Å²) in [6, 6.07) is 8.51. The monoisotopic (exact) mass is 511 g/mol. The summed E-state index contributed by atoms with van der Waals surface area (Å²) >= 11 is 0. The van der Waals surface area contributed by atoms with E-state index in [-0.39, 0.29) is 41.8 Å². The van der Waals surface area contributed by atoms with Crippen LogP contribution in [-0.4, -0.2) is 53.6 Å². The van der Waals surface area contributed by atoms with Gasteiger partial charge >= 0.3 is 5.97 Å². The molecule has 2 aromatic rings.